The number of hydrogen-bond donors (Lipinski definition) is 1. The smallest absolute Gasteiger partial charge is 0.311 e. The molecular formula is C6H4N4O3. The Morgan fingerprint density at radius 1 is 1.62 bits per heavy atom. The summed E-state index contributed by atoms with van der Waals surface area (Å²) in [6.45, 7) is 0. The minimum absolute atomic E-state index is 0.0898. The number of aromatic hydroxyl groups is 1. The average molecular weight is 180 g/mol. The van der Waals surface area contributed by atoms with Gasteiger partial charge in [0.25, 0.3) is 0 Å². The highest BCUT2D eigenvalue weighted by atomic mass is 16.6. The van der Waals surface area contributed by atoms with Crippen molar-refractivity contribution in [2.75, 3.05) is 0 Å². The average Bonchev–Trinajstić information content (AvgIpc) is 2.08. The van der Waals surface area contributed by atoms with Crippen LogP contribution in [0.5, 0.6) is 5.75 Å². The van der Waals surface area contributed by atoms with Gasteiger partial charge in [-0.2, -0.15) is 0 Å². The summed E-state index contributed by atoms with van der Waals surface area (Å²) >= 11 is 0. The molecule has 0 saturated carbocycles. The van der Waals surface area contributed by atoms with E-state index in [4.69, 9.17) is 10.6 Å². The van der Waals surface area contributed by atoms with Crippen LogP contribution in [-0.4, -0.2) is 10.0 Å². The van der Waals surface area contributed by atoms with E-state index in [9.17, 15) is 10.1 Å². The molecule has 0 spiro atoms. The van der Waals surface area contributed by atoms with Crippen molar-refractivity contribution < 1.29 is 10.0 Å². The van der Waals surface area contributed by atoms with Crippen LogP contribution in [0.1, 0.15) is 0 Å². The van der Waals surface area contributed by atoms with Gasteiger partial charge in [-0.05, 0) is 17.7 Å². The molecule has 1 N–H and O–H groups in total. The monoisotopic (exact) mass is 180 g/mol. The third kappa shape index (κ3) is 1.85. The molecule has 0 saturated heterocycles. The Bertz CT molecular complexity index is 397. The van der Waals surface area contributed by atoms with Gasteiger partial charge in [0.05, 0.1) is 4.92 Å². The van der Waals surface area contributed by atoms with E-state index in [-0.39, 0.29) is 5.69 Å². The summed E-state index contributed by atoms with van der Waals surface area (Å²) < 4.78 is 0. The van der Waals surface area contributed by atoms with Crippen molar-refractivity contribution in [1.82, 2.24) is 0 Å². The lowest BCUT2D eigenvalue weighted by Gasteiger charge is -1.95. The summed E-state index contributed by atoms with van der Waals surface area (Å²) in [7, 11) is 0. The van der Waals surface area contributed by atoms with Crippen LogP contribution < -0.4 is 0 Å². The van der Waals surface area contributed by atoms with Gasteiger partial charge in [0, 0.05) is 16.7 Å². The fourth-order valence-electron chi connectivity index (χ4n) is 0.772. The molecule has 0 unspecified atom stereocenters. The normalized spacial score (nSPS) is 8.92. The van der Waals surface area contributed by atoms with Crippen LogP contribution in [0.4, 0.5) is 11.4 Å². The van der Waals surface area contributed by atoms with Crippen LogP contribution in [0.25, 0.3) is 10.4 Å². The van der Waals surface area contributed by atoms with Crippen LogP contribution >= 0.6 is 0 Å². The molecule has 1 aromatic carbocycles. The Morgan fingerprint density at radius 2 is 2.31 bits per heavy atom. The van der Waals surface area contributed by atoms with Crippen molar-refractivity contribution in [3.8, 4) is 5.75 Å². The molecule has 13 heavy (non-hydrogen) atoms. The second-order valence-electron chi connectivity index (χ2n) is 2.12. The molecule has 7 heteroatoms. The highest BCUT2D eigenvalue weighted by Crippen LogP contribution is 2.29. The molecule has 1 rings (SSSR count). The van der Waals surface area contributed by atoms with Crippen LogP contribution in [0, 0.1) is 10.1 Å². The highest BCUT2D eigenvalue weighted by molar-refractivity contribution is 5.55. The number of rotatable bonds is 2. The number of nitro benzene ring substituents is 1. The molecule has 0 bridgehead atoms. The molecular weight excluding hydrogens is 176 g/mol. The van der Waals surface area contributed by atoms with Crippen molar-refractivity contribution in [3.05, 3.63) is 38.8 Å². The molecule has 0 amide bonds. The van der Waals surface area contributed by atoms with Gasteiger partial charge in [-0.1, -0.05) is 5.11 Å². The number of azide groups is 1. The lowest BCUT2D eigenvalue weighted by Crippen LogP contribution is -1.87. The maximum atomic E-state index is 10.3. The zero-order chi connectivity index (χ0) is 9.84. The lowest BCUT2D eigenvalue weighted by molar-refractivity contribution is -0.385. The highest BCUT2D eigenvalue weighted by Gasteiger charge is 2.12. The molecule has 0 heterocycles. The molecule has 0 radical (unpaired) electrons. The summed E-state index contributed by atoms with van der Waals surface area (Å²) in [6, 6.07) is 3.37. The first-order valence-electron chi connectivity index (χ1n) is 3.17. The van der Waals surface area contributed by atoms with Gasteiger partial charge in [0.1, 0.15) is 0 Å². The number of nitrogens with zero attached hydrogens (tertiary/aromatic N) is 4. The van der Waals surface area contributed by atoms with E-state index < -0.39 is 16.4 Å². The minimum atomic E-state index is -0.758. The Hall–Kier alpha value is -2.27. The molecule has 0 aliphatic rings. The number of hydrogen-bond acceptors (Lipinski definition) is 4. The van der Waals surface area contributed by atoms with Crippen molar-refractivity contribution in [2.45, 2.75) is 0 Å². The van der Waals surface area contributed by atoms with E-state index in [1.807, 2.05) is 0 Å². The topological polar surface area (TPSA) is 112 Å². The van der Waals surface area contributed by atoms with E-state index in [0.29, 0.717) is 0 Å². The fraction of sp³-hybridized carbons (Fsp3) is 0. The van der Waals surface area contributed by atoms with Gasteiger partial charge >= 0.3 is 5.69 Å². The third-order valence-corrected chi connectivity index (χ3v) is 1.32. The quantitative estimate of drug-likeness (QED) is 0.247. The summed E-state index contributed by atoms with van der Waals surface area (Å²) in [4.78, 5) is 12.0. The first-order valence-corrected chi connectivity index (χ1v) is 3.17. The largest absolute Gasteiger partial charge is 0.502 e. The van der Waals surface area contributed by atoms with Gasteiger partial charge in [0.15, 0.2) is 5.75 Å². The summed E-state index contributed by atoms with van der Waals surface area (Å²) in [5, 5.41) is 22.4. The number of benzene rings is 1. The lowest BCUT2D eigenvalue weighted by atomic mass is 10.2. The van der Waals surface area contributed by atoms with Crippen LogP contribution in [-0.2, 0) is 0 Å². The number of phenolic OH excluding ortho intramolecular Hbond substituents is 1. The summed E-state index contributed by atoms with van der Waals surface area (Å²) in [5.74, 6) is -0.457. The van der Waals surface area contributed by atoms with Gasteiger partial charge in [-0.3, -0.25) is 10.1 Å². The Morgan fingerprint density at radius 3 is 2.85 bits per heavy atom. The molecule has 0 atom stereocenters. The van der Waals surface area contributed by atoms with E-state index in [0.717, 1.165) is 12.1 Å². The predicted octanol–water partition coefficient (Wildman–Crippen LogP) is 2.24. The van der Waals surface area contributed by atoms with Crippen LogP contribution in [0.2, 0.25) is 0 Å². The van der Waals surface area contributed by atoms with Crippen LogP contribution in [0.15, 0.2) is 23.3 Å². The van der Waals surface area contributed by atoms with Gasteiger partial charge in [0.2, 0.25) is 0 Å². The number of phenols is 1. The first-order chi connectivity index (χ1) is 6.15. The van der Waals surface area contributed by atoms with Crippen molar-refractivity contribution in [2.24, 2.45) is 5.11 Å². The van der Waals surface area contributed by atoms with Crippen molar-refractivity contribution >= 4 is 11.4 Å². The van der Waals surface area contributed by atoms with Crippen molar-refractivity contribution in [3.63, 3.8) is 0 Å². The molecule has 0 aliphatic heterocycles. The molecule has 0 aromatic heterocycles. The van der Waals surface area contributed by atoms with E-state index >= 15 is 0 Å². The van der Waals surface area contributed by atoms with E-state index in [1.165, 1.54) is 6.07 Å². The van der Waals surface area contributed by atoms with Crippen LogP contribution in [0.3, 0.4) is 0 Å². The van der Waals surface area contributed by atoms with E-state index in [1.54, 1.807) is 0 Å². The molecule has 0 aliphatic carbocycles. The zero-order valence-corrected chi connectivity index (χ0v) is 6.28. The van der Waals surface area contributed by atoms with E-state index in [2.05, 4.69) is 10.0 Å². The molecule has 66 valence electrons. The Labute approximate surface area is 72.0 Å². The molecule has 0 fully saturated rings. The second kappa shape index (κ2) is 3.42. The fourth-order valence-corrected chi connectivity index (χ4v) is 0.772. The first kappa shape index (κ1) is 8.82. The van der Waals surface area contributed by atoms with Gasteiger partial charge < -0.3 is 5.11 Å². The Balaban J connectivity index is 3.26. The molecule has 7 nitrogen and oxygen atoms in total. The second-order valence-corrected chi connectivity index (χ2v) is 2.12. The maximum absolute atomic E-state index is 10.3. The van der Waals surface area contributed by atoms with Gasteiger partial charge in [-0.15, -0.1) is 0 Å². The Kier molecular flexibility index (Phi) is 2.32. The number of nitro groups is 1. The summed E-state index contributed by atoms with van der Waals surface area (Å²) in [6.07, 6.45) is 0. The zero-order valence-electron chi connectivity index (χ0n) is 6.28. The molecule has 1 aromatic rings. The summed E-state index contributed by atoms with van der Waals surface area (Å²) in [5.41, 5.74) is 7.65. The third-order valence-electron chi connectivity index (χ3n) is 1.32. The minimum Gasteiger partial charge on any atom is -0.502 e. The SMILES string of the molecule is [N-]=[N+]=Nc1ccc(O)c([N+](=O)[O-])c1. The standard InChI is InChI=1S/C6H4N4O3/c7-9-8-4-1-2-6(11)5(3-4)10(12)13/h1-3,11H. The maximum Gasteiger partial charge on any atom is 0.311 e. The van der Waals surface area contributed by atoms with Crippen molar-refractivity contribution in [1.29, 1.82) is 0 Å². The van der Waals surface area contributed by atoms with Gasteiger partial charge in [-0.25, -0.2) is 0 Å². The predicted molar refractivity (Wildman–Crippen MR) is 43.6 cm³/mol.